The molecule has 0 bridgehead atoms. The molecule has 0 atom stereocenters. The fourth-order valence-corrected chi connectivity index (χ4v) is 7.05. The van der Waals surface area contributed by atoms with E-state index in [1.165, 1.54) is 0 Å². The van der Waals surface area contributed by atoms with Crippen LogP contribution in [0.15, 0.2) is 121 Å². The summed E-state index contributed by atoms with van der Waals surface area (Å²) in [4.78, 5) is 20.9. The van der Waals surface area contributed by atoms with E-state index in [4.69, 9.17) is 19.9 Å². The summed E-state index contributed by atoms with van der Waals surface area (Å²) in [6.07, 6.45) is 0. The molecule has 222 valence electrons. The molecule has 6 aromatic heterocycles. The summed E-state index contributed by atoms with van der Waals surface area (Å²) in [6.45, 7) is 0. The average Bonchev–Trinajstić information content (AvgIpc) is 3.87. The predicted molar refractivity (Wildman–Crippen MR) is 180 cm³/mol. The first-order chi connectivity index (χ1) is 22.8. The third kappa shape index (κ3) is 3.45. The molecule has 0 spiro atoms. The molecule has 9 heteroatoms. The maximum absolute atomic E-state index is 5.33. The Morgan fingerprint density at radius 3 is 2.13 bits per heavy atom. The van der Waals surface area contributed by atoms with E-state index in [1.54, 1.807) is 0 Å². The Morgan fingerprint density at radius 1 is 0.489 bits per heavy atom. The van der Waals surface area contributed by atoms with Crippen LogP contribution in [0.5, 0.6) is 0 Å². The fourth-order valence-electron chi connectivity index (χ4n) is 7.05. The first kappa shape index (κ1) is 26.4. The molecular weight excluding hydrogens is 764 g/mol. The number of imidazole rings is 3. The van der Waals surface area contributed by atoms with Gasteiger partial charge in [-0.15, -0.1) is 41.3 Å². The Kier molecular flexibility index (Phi) is 5.38. The Morgan fingerprint density at radius 2 is 1.21 bits per heavy atom. The Labute approximate surface area is 280 Å². The maximum atomic E-state index is 5.33. The molecule has 0 N–H and O–H groups in total. The van der Waals surface area contributed by atoms with Crippen molar-refractivity contribution >= 4 is 72.4 Å². The number of para-hydroxylation sites is 5. The van der Waals surface area contributed by atoms with Crippen molar-refractivity contribution < 1.29 is 21.1 Å². The molecule has 6 heterocycles. The van der Waals surface area contributed by atoms with Gasteiger partial charge in [0, 0.05) is 5.52 Å². The Balaban J connectivity index is 0.00000285. The van der Waals surface area contributed by atoms with Crippen LogP contribution in [0.3, 0.4) is 0 Å². The van der Waals surface area contributed by atoms with E-state index in [0.29, 0.717) is 17.2 Å². The third-order valence-electron chi connectivity index (χ3n) is 9.00. The van der Waals surface area contributed by atoms with Crippen LogP contribution in [0.2, 0.25) is 0 Å². The summed E-state index contributed by atoms with van der Waals surface area (Å²) < 4.78 is 8.48. The quantitative estimate of drug-likeness (QED) is 0.168. The van der Waals surface area contributed by atoms with Gasteiger partial charge < -0.3 is 4.57 Å². The van der Waals surface area contributed by atoms with Crippen LogP contribution in [0.4, 0.5) is 0 Å². The average molecular weight is 784 g/mol. The molecule has 0 amide bonds. The van der Waals surface area contributed by atoms with Gasteiger partial charge in [-0.1, -0.05) is 53.5 Å². The van der Waals surface area contributed by atoms with Gasteiger partial charge in [0.1, 0.15) is 11.3 Å². The van der Waals surface area contributed by atoms with Gasteiger partial charge in [0.25, 0.3) is 0 Å². The van der Waals surface area contributed by atoms with Gasteiger partial charge in [0.05, 0.1) is 22.1 Å². The molecule has 0 aliphatic carbocycles. The zero-order valence-corrected chi connectivity index (χ0v) is 26.7. The molecule has 8 nitrogen and oxygen atoms in total. The molecule has 0 saturated carbocycles. The second-order valence-electron chi connectivity index (χ2n) is 11.5. The maximum Gasteiger partial charge on any atom is 2.00 e. The predicted octanol–water partition coefficient (Wildman–Crippen LogP) is 7.85. The standard InChI is InChI=1S/C38H20N8.Pt/c1-2-11-23(12-3-1)24-15-10-20-32-34(24)42-38-45(32)36-39-27-16-6-9-19-31(27)44(36)37-40-28-21-22-33(41-35(28)46(37)38)43-29-17-7-4-13-25(29)26-14-5-8-18-30(26)43;/h1-11,13-17,19-22H;/q-2;+2. The topological polar surface area (TPSA) is 69.7 Å². The van der Waals surface area contributed by atoms with Gasteiger partial charge in [-0.2, -0.15) is 24.3 Å². The van der Waals surface area contributed by atoms with Crippen LogP contribution in [-0.2, 0) is 21.1 Å². The van der Waals surface area contributed by atoms with Crippen molar-refractivity contribution in [3.05, 3.63) is 133 Å². The molecule has 11 rings (SSSR count). The second-order valence-corrected chi connectivity index (χ2v) is 11.5. The van der Waals surface area contributed by atoms with E-state index in [0.717, 1.165) is 72.1 Å². The number of pyridine rings is 1. The summed E-state index contributed by atoms with van der Waals surface area (Å²) in [6, 6.07) is 47.9. The number of aromatic nitrogens is 8. The number of nitrogens with zero attached hydrogens (tertiary/aromatic N) is 8. The van der Waals surface area contributed by atoms with Crippen molar-refractivity contribution in [1.29, 1.82) is 0 Å². The van der Waals surface area contributed by atoms with Gasteiger partial charge in [-0.05, 0) is 41.8 Å². The summed E-state index contributed by atoms with van der Waals surface area (Å²) >= 11 is 0. The van der Waals surface area contributed by atoms with E-state index in [-0.39, 0.29) is 21.1 Å². The Bertz CT molecular complexity index is 2990. The van der Waals surface area contributed by atoms with Crippen molar-refractivity contribution in [2.24, 2.45) is 0 Å². The minimum atomic E-state index is 0. The van der Waals surface area contributed by atoms with E-state index in [9.17, 15) is 0 Å². The van der Waals surface area contributed by atoms with Crippen molar-refractivity contribution in [3.63, 3.8) is 0 Å². The SMILES string of the molecule is [Pt+2].[c-]1ccccc1-c1cccc2c1nc1n2c2nc3ccccc3n2c2nc3ccc(-n4c5[c-]cccc5c5ccccc54)nc3n21. The monoisotopic (exact) mass is 783 g/mol. The number of hydrogen-bond acceptors (Lipinski definition) is 4. The molecule has 0 aliphatic heterocycles. The van der Waals surface area contributed by atoms with Crippen LogP contribution in [0, 0.1) is 12.1 Å². The smallest absolute Gasteiger partial charge is 0.319 e. The molecule has 0 aliphatic rings. The van der Waals surface area contributed by atoms with Crippen molar-refractivity contribution in [1.82, 2.24) is 37.7 Å². The molecule has 0 radical (unpaired) electrons. The first-order valence-corrected chi connectivity index (χ1v) is 15.1. The van der Waals surface area contributed by atoms with E-state index in [2.05, 4.69) is 90.6 Å². The molecule has 0 unspecified atom stereocenters. The van der Waals surface area contributed by atoms with Crippen LogP contribution in [0.25, 0.3) is 89.3 Å². The van der Waals surface area contributed by atoms with Gasteiger partial charge in [-0.25, -0.2) is 33.1 Å². The molecule has 0 fully saturated rings. The number of rotatable bonds is 2. The Hall–Kier alpha value is -5.85. The minimum Gasteiger partial charge on any atom is -0.319 e. The van der Waals surface area contributed by atoms with Crippen LogP contribution >= 0.6 is 0 Å². The minimum absolute atomic E-state index is 0. The molecular formula is C38H20N8Pt. The summed E-state index contributed by atoms with van der Waals surface area (Å²) in [5, 5.41) is 2.30. The first-order valence-electron chi connectivity index (χ1n) is 15.1. The molecule has 5 aromatic carbocycles. The van der Waals surface area contributed by atoms with Gasteiger partial charge in [-0.3, -0.25) is 0 Å². The van der Waals surface area contributed by atoms with Gasteiger partial charge in [0.2, 0.25) is 17.3 Å². The van der Waals surface area contributed by atoms with Gasteiger partial charge >= 0.3 is 21.1 Å². The van der Waals surface area contributed by atoms with Gasteiger partial charge in [0.15, 0.2) is 5.65 Å². The largest absolute Gasteiger partial charge is 2.00 e. The second kappa shape index (κ2) is 9.58. The van der Waals surface area contributed by atoms with Crippen LogP contribution in [0.1, 0.15) is 0 Å². The number of benzene rings is 5. The normalized spacial score (nSPS) is 12.1. The summed E-state index contributed by atoms with van der Waals surface area (Å²) in [5.74, 6) is 2.92. The van der Waals surface area contributed by atoms with Crippen LogP contribution < -0.4 is 0 Å². The van der Waals surface area contributed by atoms with E-state index >= 15 is 0 Å². The fraction of sp³-hybridized carbons (Fsp3) is 0. The summed E-state index contributed by atoms with van der Waals surface area (Å²) in [7, 11) is 0. The van der Waals surface area contributed by atoms with Crippen molar-refractivity contribution in [2.75, 3.05) is 0 Å². The molecule has 47 heavy (non-hydrogen) atoms. The molecule has 11 aromatic rings. The van der Waals surface area contributed by atoms with E-state index < -0.39 is 0 Å². The molecule has 0 saturated heterocycles. The van der Waals surface area contributed by atoms with Crippen molar-refractivity contribution in [3.8, 4) is 16.9 Å². The number of hydrogen-bond donors (Lipinski definition) is 0. The third-order valence-corrected chi connectivity index (χ3v) is 9.00. The van der Waals surface area contributed by atoms with Crippen LogP contribution in [-0.4, -0.2) is 37.7 Å². The number of fused-ring (bicyclic) bond motifs is 15. The summed E-state index contributed by atoms with van der Waals surface area (Å²) in [5.41, 5.74) is 9.17. The zero-order chi connectivity index (χ0) is 29.9. The zero-order valence-electron chi connectivity index (χ0n) is 24.4. The van der Waals surface area contributed by atoms with E-state index in [1.807, 2.05) is 60.7 Å². The van der Waals surface area contributed by atoms with Crippen molar-refractivity contribution in [2.45, 2.75) is 0 Å².